The second-order valence-electron chi connectivity index (χ2n) is 3.36. The Morgan fingerprint density at radius 1 is 1.60 bits per heavy atom. The van der Waals surface area contributed by atoms with Crippen LogP contribution in [-0.2, 0) is 0 Å². The van der Waals surface area contributed by atoms with Gasteiger partial charge in [0, 0.05) is 22.6 Å². The number of benzene rings is 1. The molecule has 0 fully saturated rings. The van der Waals surface area contributed by atoms with Crippen LogP contribution in [0.3, 0.4) is 0 Å². The summed E-state index contributed by atoms with van der Waals surface area (Å²) in [6.07, 6.45) is 2.75. The zero-order valence-corrected chi connectivity index (χ0v) is 10.4. The van der Waals surface area contributed by atoms with Crippen LogP contribution < -0.4 is 5.32 Å². The summed E-state index contributed by atoms with van der Waals surface area (Å²) in [6, 6.07) is 5.65. The Balaban J connectivity index is 2.89. The first kappa shape index (κ1) is 12.3. The molecule has 0 radical (unpaired) electrons. The summed E-state index contributed by atoms with van der Waals surface area (Å²) < 4.78 is 0.981. The zero-order chi connectivity index (χ0) is 11.3. The Morgan fingerprint density at radius 3 is 2.93 bits per heavy atom. The van der Waals surface area contributed by atoms with E-state index in [-0.39, 0.29) is 6.04 Å². The molecular formula is C12H16BrNO. The number of aromatic hydroxyl groups is 1. The monoisotopic (exact) mass is 269 g/mol. The number of nitrogens with one attached hydrogen (secondary N) is 1. The molecule has 0 heterocycles. The van der Waals surface area contributed by atoms with Crippen LogP contribution in [0.4, 0.5) is 0 Å². The Hall–Kier alpha value is -0.800. The lowest BCUT2D eigenvalue weighted by Crippen LogP contribution is -2.20. The molecule has 0 aliphatic rings. The second-order valence-corrected chi connectivity index (χ2v) is 4.28. The van der Waals surface area contributed by atoms with Crippen molar-refractivity contribution in [1.29, 1.82) is 0 Å². The van der Waals surface area contributed by atoms with Gasteiger partial charge in [0.05, 0.1) is 0 Å². The molecule has 0 saturated carbocycles. The van der Waals surface area contributed by atoms with Gasteiger partial charge in [0.25, 0.3) is 0 Å². The molecule has 2 nitrogen and oxygen atoms in total. The second kappa shape index (κ2) is 5.93. The van der Waals surface area contributed by atoms with E-state index >= 15 is 0 Å². The number of halogens is 1. The molecule has 0 bridgehead atoms. The number of phenolic OH excluding ortho intramolecular Hbond substituents is 1. The highest BCUT2D eigenvalue weighted by atomic mass is 79.9. The van der Waals surface area contributed by atoms with Gasteiger partial charge in [-0.2, -0.15) is 0 Å². The van der Waals surface area contributed by atoms with E-state index in [1.165, 1.54) is 0 Å². The molecule has 1 rings (SSSR count). The van der Waals surface area contributed by atoms with Gasteiger partial charge in [-0.25, -0.2) is 0 Å². The van der Waals surface area contributed by atoms with Crippen molar-refractivity contribution < 1.29 is 5.11 Å². The lowest BCUT2D eigenvalue weighted by Gasteiger charge is -2.17. The molecule has 3 heteroatoms. The predicted molar refractivity (Wildman–Crippen MR) is 67.0 cm³/mol. The highest BCUT2D eigenvalue weighted by molar-refractivity contribution is 9.10. The predicted octanol–water partition coefficient (Wildman–Crippen LogP) is 3.38. The van der Waals surface area contributed by atoms with Gasteiger partial charge in [-0.05, 0) is 24.6 Å². The van der Waals surface area contributed by atoms with Crippen LogP contribution in [0.5, 0.6) is 5.75 Å². The van der Waals surface area contributed by atoms with Crippen molar-refractivity contribution in [3.63, 3.8) is 0 Å². The SMILES string of the molecule is C=CCNC(CC)c1cc(Br)ccc1O. The van der Waals surface area contributed by atoms with Crippen molar-refractivity contribution in [2.75, 3.05) is 6.54 Å². The van der Waals surface area contributed by atoms with Crippen LogP contribution in [0.2, 0.25) is 0 Å². The minimum atomic E-state index is 0.167. The molecule has 1 unspecified atom stereocenters. The van der Waals surface area contributed by atoms with E-state index in [4.69, 9.17) is 0 Å². The van der Waals surface area contributed by atoms with Crippen molar-refractivity contribution >= 4 is 15.9 Å². The van der Waals surface area contributed by atoms with Gasteiger partial charge in [0.15, 0.2) is 0 Å². The van der Waals surface area contributed by atoms with Crippen LogP contribution in [-0.4, -0.2) is 11.7 Å². The van der Waals surface area contributed by atoms with E-state index < -0.39 is 0 Å². The van der Waals surface area contributed by atoms with E-state index in [0.29, 0.717) is 5.75 Å². The average molecular weight is 270 g/mol. The molecule has 1 aromatic carbocycles. The summed E-state index contributed by atoms with van der Waals surface area (Å²) in [5.41, 5.74) is 0.925. The number of hydrogen-bond acceptors (Lipinski definition) is 2. The van der Waals surface area contributed by atoms with Gasteiger partial charge < -0.3 is 10.4 Å². The molecule has 0 aliphatic heterocycles. The number of rotatable bonds is 5. The summed E-state index contributed by atoms with van der Waals surface area (Å²) in [5, 5.41) is 13.1. The van der Waals surface area contributed by atoms with E-state index in [2.05, 4.69) is 34.7 Å². The van der Waals surface area contributed by atoms with Crippen molar-refractivity contribution in [3.8, 4) is 5.75 Å². The Bertz CT molecular complexity index is 338. The number of phenols is 1. The first-order valence-electron chi connectivity index (χ1n) is 5.01. The van der Waals surface area contributed by atoms with Crippen LogP contribution in [0.1, 0.15) is 24.9 Å². The van der Waals surface area contributed by atoms with Crippen LogP contribution >= 0.6 is 15.9 Å². The standard InChI is InChI=1S/C12H16BrNO/c1-3-7-14-11(4-2)10-8-9(13)5-6-12(10)15/h3,5-6,8,11,14-15H,1,4,7H2,2H3. The summed E-state index contributed by atoms with van der Waals surface area (Å²) in [4.78, 5) is 0. The van der Waals surface area contributed by atoms with Gasteiger partial charge in [0.2, 0.25) is 0 Å². The molecule has 15 heavy (non-hydrogen) atoms. The highest BCUT2D eigenvalue weighted by Gasteiger charge is 2.12. The van der Waals surface area contributed by atoms with Crippen molar-refractivity contribution in [2.24, 2.45) is 0 Å². The molecular weight excluding hydrogens is 254 g/mol. The minimum Gasteiger partial charge on any atom is -0.508 e. The zero-order valence-electron chi connectivity index (χ0n) is 8.83. The molecule has 0 aliphatic carbocycles. The summed E-state index contributed by atoms with van der Waals surface area (Å²) in [7, 11) is 0. The average Bonchev–Trinajstić information content (AvgIpc) is 2.24. The fraction of sp³-hybridized carbons (Fsp3) is 0.333. The quantitative estimate of drug-likeness (QED) is 0.804. The minimum absolute atomic E-state index is 0.167. The summed E-state index contributed by atoms with van der Waals surface area (Å²) >= 11 is 3.40. The Kier molecular flexibility index (Phi) is 4.85. The molecule has 1 aromatic rings. The van der Waals surface area contributed by atoms with Crippen LogP contribution in [0.25, 0.3) is 0 Å². The first-order valence-corrected chi connectivity index (χ1v) is 5.81. The smallest absolute Gasteiger partial charge is 0.120 e. The Morgan fingerprint density at radius 2 is 2.33 bits per heavy atom. The molecule has 0 spiro atoms. The van der Waals surface area contributed by atoms with Crippen molar-refractivity contribution in [2.45, 2.75) is 19.4 Å². The van der Waals surface area contributed by atoms with Gasteiger partial charge in [0.1, 0.15) is 5.75 Å². The largest absolute Gasteiger partial charge is 0.508 e. The third-order valence-electron chi connectivity index (χ3n) is 2.28. The van der Waals surface area contributed by atoms with E-state index in [1.807, 2.05) is 18.2 Å². The first-order chi connectivity index (χ1) is 7.19. The highest BCUT2D eigenvalue weighted by Crippen LogP contribution is 2.29. The topological polar surface area (TPSA) is 32.3 Å². The summed E-state index contributed by atoms with van der Waals surface area (Å²) in [6.45, 7) is 6.49. The van der Waals surface area contributed by atoms with Gasteiger partial charge in [-0.15, -0.1) is 6.58 Å². The molecule has 0 saturated heterocycles. The van der Waals surface area contributed by atoms with E-state index in [1.54, 1.807) is 6.07 Å². The fourth-order valence-corrected chi connectivity index (χ4v) is 1.88. The fourth-order valence-electron chi connectivity index (χ4n) is 1.50. The van der Waals surface area contributed by atoms with Gasteiger partial charge >= 0.3 is 0 Å². The maximum Gasteiger partial charge on any atom is 0.120 e. The van der Waals surface area contributed by atoms with Gasteiger partial charge in [-0.1, -0.05) is 28.9 Å². The summed E-state index contributed by atoms with van der Waals surface area (Å²) in [5.74, 6) is 0.335. The maximum absolute atomic E-state index is 9.75. The molecule has 82 valence electrons. The molecule has 0 aromatic heterocycles. The Labute approximate surface area is 99.1 Å². The normalized spacial score (nSPS) is 12.4. The third kappa shape index (κ3) is 3.36. The van der Waals surface area contributed by atoms with Crippen molar-refractivity contribution in [3.05, 3.63) is 40.9 Å². The molecule has 0 amide bonds. The van der Waals surface area contributed by atoms with Gasteiger partial charge in [-0.3, -0.25) is 0 Å². The van der Waals surface area contributed by atoms with E-state index in [9.17, 15) is 5.11 Å². The number of hydrogen-bond donors (Lipinski definition) is 2. The lowest BCUT2D eigenvalue weighted by molar-refractivity contribution is 0.447. The van der Waals surface area contributed by atoms with Crippen LogP contribution in [0, 0.1) is 0 Å². The van der Waals surface area contributed by atoms with E-state index in [0.717, 1.165) is 23.0 Å². The molecule has 1 atom stereocenters. The lowest BCUT2D eigenvalue weighted by atomic mass is 10.0. The van der Waals surface area contributed by atoms with Crippen molar-refractivity contribution in [1.82, 2.24) is 5.32 Å². The molecule has 2 N–H and O–H groups in total. The third-order valence-corrected chi connectivity index (χ3v) is 2.78. The van der Waals surface area contributed by atoms with Crippen LogP contribution in [0.15, 0.2) is 35.3 Å². The maximum atomic E-state index is 9.75.